The Balaban J connectivity index is 1.86. The number of nitrogens with zero attached hydrogens (tertiary/aromatic N) is 2. The Bertz CT molecular complexity index is 1300. The summed E-state index contributed by atoms with van der Waals surface area (Å²) >= 11 is 0. The predicted molar refractivity (Wildman–Crippen MR) is 171 cm³/mol. The quantitative estimate of drug-likeness (QED) is 0.454. The van der Waals surface area contributed by atoms with E-state index in [0.29, 0.717) is 50.2 Å². The molecule has 11 heteroatoms. The Labute approximate surface area is 266 Å². The molecule has 1 heterocycles. The van der Waals surface area contributed by atoms with E-state index in [1.807, 2.05) is 32.0 Å². The maximum atomic E-state index is 13.8. The maximum absolute atomic E-state index is 13.8. The van der Waals surface area contributed by atoms with Gasteiger partial charge in [-0.3, -0.25) is 24.0 Å². The zero-order valence-corrected chi connectivity index (χ0v) is 27.0. The van der Waals surface area contributed by atoms with Crippen LogP contribution in [-0.2, 0) is 25.6 Å². The highest BCUT2D eigenvalue weighted by Crippen LogP contribution is 2.15. The fraction of sp³-hybridized carbons (Fsp3) is 0.500. The monoisotopic (exact) mass is 621 g/mol. The summed E-state index contributed by atoms with van der Waals surface area (Å²) in [6.45, 7) is 6.55. The van der Waals surface area contributed by atoms with Crippen LogP contribution in [0.2, 0.25) is 0 Å². The summed E-state index contributed by atoms with van der Waals surface area (Å²) < 4.78 is 5.24. The largest absolute Gasteiger partial charge is 0.497 e. The van der Waals surface area contributed by atoms with Gasteiger partial charge in [-0.15, -0.1) is 0 Å². The molecule has 1 saturated heterocycles. The summed E-state index contributed by atoms with van der Waals surface area (Å²) in [5.74, 6) is -0.968. The number of nitrogens with one attached hydrogen (secondary N) is 3. The summed E-state index contributed by atoms with van der Waals surface area (Å²) in [5, 5.41) is 8.60. The minimum absolute atomic E-state index is 0.0834. The van der Waals surface area contributed by atoms with Gasteiger partial charge in [0.25, 0.3) is 5.91 Å². The highest BCUT2D eigenvalue weighted by molar-refractivity contribution is 5.95. The molecule has 2 aromatic rings. The average Bonchev–Trinajstić information content (AvgIpc) is 3.03. The van der Waals surface area contributed by atoms with Crippen molar-refractivity contribution in [2.24, 2.45) is 5.92 Å². The van der Waals surface area contributed by atoms with E-state index in [4.69, 9.17) is 4.74 Å². The summed E-state index contributed by atoms with van der Waals surface area (Å²) in [4.78, 5) is 69.8. The minimum atomic E-state index is -0.978. The van der Waals surface area contributed by atoms with Crippen LogP contribution in [0.25, 0.3) is 0 Å². The van der Waals surface area contributed by atoms with Gasteiger partial charge in [-0.25, -0.2) is 0 Å². The van der Waals surface area contributed by atoms with Crippen LogP contribution in [0.15, 0.2) is 54.6 Å². The molecule has 11 nitrogen and oxygen atoms in total. The van der Waals surface area contributed by atoms with Gasteiger partial charge >= 0.3 is 0 Å². The highest BCUT2D eigenvalue weighted by atomic mass is 16.5. The van der Waals surface area contributed by atoms with Crippen LogP contribution in [0.5, 0.6) is 5.75 Å². The third-order valence-corrected chi connectivity index (χ3v) is 7.92. The number of carbonyl (C=O) groups excluding carboxylic acids is 5. The van der Waals surface area contributed by atoms with E-state index in [0.717, 1.165) is 5.56 Å². The van der Waals surface area contributed by atoms with Gasteiger partial charge < -0.3 is 30.5 Å². The fourth-order valence-electron chi connectivity index (χ4n) is 5.19. The number of rotatable bonds is 6. The lowest BCUT2D eigenvalue weighted by Gasteiger charge is -2.30. The van der Waals surface area contributed by atoms with E-state index in [-0.39, 0.29) is 36.5 Å². The van der Waals surface area contributed by atoms with Gasteiger partial charge in [0.1, 0.15) is 23.9 Å². The first-order valence-electron chi connectivity index (χ1n) is 15.6. The van der Waals surface area contributed by atoms with Crippen molar-refractivity contribution in [3.8, 4) is 5.75 Å². The lowest BCUT2D eigenvalue weighted by molar-refractivity contribution is -0.141. The molecule has 3 atom stereocenters. The molecule has 1 fully saturated rings. The van der Waals surface area contributed by atoms with E-state index in [9.17, 15) is 24.0 Å². The van der Waals surface area contributed by atoms with Gasteiger partial charge in [-0.05, 0) is 61.9 Å². The second-order valence-electron chi connectivity index (χ2n) is 11.9. The third kappa shape index (κ3) is 10.6. The van der Waals surface area contributed by atoms with Gasteiger partial charge in [0, 0.05) is 45.1 Å². The number of hydrogen-bond acceptors (Lipinski definition) is 6. The number of ether oxygens (including phenoxy) is 1. The van der Waals surface area contributed by atoms with Crippen LogP contribution in [0.1, 0.15) is 62.4 Å². The molecule has 0 spiro atoms. The summed E-state index contributed by atoms with van der Waals surface area (Å²) in [5.41, 5.74) is 1.33. The predicted octanol–water partition coefficient (Wildman–Crippen LogP) is 2.54. The Morgan fingerprint density at radius 1 is 0.911 bits per heavy atom. The van der Waals surface area contributed by atoms with Crippen LogP contribution >= 0.6 is 0 Å². The number of benzene rings is 2. The van der Waals surface area contributed by atoms with Crippen LogP contribution < -0.4 is 20.7 Å². The van der Waals surface area contributed by atoms with Crippen molar-refractivity contribution in [1.82, 2.24) is 25.8 Å². The summed E-state index contributed by atoms with van der Waals surface area (Å²) in [6.07, 6.45) is 1.56. The van der Waals surface area contributed by atoms with Crippen LogP contribution in [0, 0.1) is 5.92 Å². The Morgan fingerprint density at radius 3 is 2.22 bits per heavy atom. The van der Waals surface area contributed by atoms with Gasteiger partial charge in [0.05, 0.1) is 7.11 Å². The molecule has 1 aliphatic rings. The van der Waals surface area contributed by atoms with E-state index >= 15 is 0 Å². The van der Waals surface area contributed by atoms with Gasteiger partial charge in [-0.2, -0.15) is 0 Å². The Hall–Kier alpha value is -4.41. The van der Waals surface area contributed by atoms with E-state index in [1.165, 1.54) is 11.9 Å². The van der Waals surface area contributed by atoms with Crippen molar-refractivity contribution in [3.05, 3.63) is 65.7 Å². The summed E-state index contributed by atoms with van der Waals surface area (Å²) in [6, 6.07) is 13.4. The van der Waals surface area contributed by atoms with Gasteiger partial charge in [0.15, 0.2) is 0 Å². The van der Waals surface area contributed by atoms with Gasteiger partial charge in [0.2, 0.25) is 23.6 Å². The zero-order valence-electron chi connectivity index (χ0n) is 27.0. The molecule has 0 aliphatic carbocycles. The first-order chi connectivity index (χ1) is 21.5. The van der Waals surface area contributed by atoms with Crippen molar-refractivity contribution in [2.75, 3.05) is 33.8 Å². The van der Waals surface area contributed by atoms with Crippen molar-refractivity contribution in [2.45, 2.75) is 71.0 Å². The molecule has 0 unspecified atom stereocenters. The number of amides is 5. The highest BCUT2D eigenvalue weighted by Gasteiger charge is 2.32. The molecule has 0 radical (unpaired) electrons. The van der Waals surface area contributed by atoms with Crippen molar-refractivity contribution >= 4 is 29.5 Å². The Kier molecular flexibility index (Phi) is 13.4. The van der Waals surface area contributed by atoms with E-state index < -0.39 is 29.9 Å². The minimum Gasteiger partial charge on any atom is -0.497 e. The number of methoxy groups -OCH3 is 1. The Morgan fingerprint density at radius 2 is 1.58 bits per heavy atom. The molecule has 2 aromatic carbocycles. The van der Waals surface area contributed by atoms with Crippen LogP contribution in [0.4, 0.5) is 0 Å². The van der Waals surface area contributed by atoms with Crippen molar-refractivity contribution in [1.29, 1.82) is 0 Å². The summed E-state index contributed by atoms with van der Waals surface area (Å²) in [7, 11) is 3.10. The smallest absolute Gasteiger partial charge is 0.253 e. The lowest BCUT2D eigenvalue weighted by Crippen LogP contribution is -2.57. The first-order valence-corrected chi connectivity index (χ1v) is 15.6. The molecule has 3 rings (SSSR count). The second-order valence-corrected chi connectivity index (χ2v) is 11.9. The standard InChI is InChI=1S/C34H47N5O6/c1-23(2)21-28-32(42)37-29(22-25-14-16-27(45-5)17-15-25)34(44)38(4)24(3)31(41)35-18-10-20-39(19-9-13-30(40)36-28)33(43)26-11-7-6-8-12-26/h6-8,11-12,14-17,23-24,28-29H,9-10,13,18-22H2,1-5H3,(H,35,41)(H,36,40)(H,37,42)/t24-,28+,29-/m0/s1. The van der Waals surface area contributed by atoms with Crippen LogP contribution in [0.3, 0.4) is 0 Å². The molecular weight excluding hydrogens is 574 g/mol. The molecule has 0 saturated carbocycles. The first kappa shape index (κ1) is 35.1. The zero-order chi connectivity index (χ0) is 32.9. The topological polar surface area (TPSA) is 137 Å². The normalized spacial score (nSPS) is 21.3. The number of carbonyl (C=O) groups is 5. The number of likely N-dealkylation sites (N-methyl/N-ethyl adjacent to an activating group) is 1. The lowest BCUT2D eigenvalue weighted by atomic mass is 10.00. The van der Waals surface area contributed by atoms with Gasteiger partial charge in [-0.1, -0.05) is 44.2 Å². The SMILES string of the molecule is COc1ccc(C[C@@H]2NC(=O)[C@@H](CC(C)C)NC(=O)CCCN(C(=O)c3ccccc3)CCCNC(=O)[C@H](C)N(C)C2=O)cc1. The molecule has 0 bridgehead atoms. The number of hydrogen-bond donors (Lipinski definition) is 3. The average molecular weight is 622 g/mol. The molecule has 1 aliphatic heterocycles. The molecule has 0 aromatic heterocycles. The molecule has 244 valence electrons. The van der Waals surface area contributed by atoms with Crippen molar-refractivity contribution < 1.29 is 28.7 Å². The molecular formula is C34H47N5O6. The molecule has 45 heavy (non-hydrogen) atoms. The molecule has 5 amide bonds. The van der Waals surface area contributed by atoms with Crippen LogP contribution in [-0.4, -0.2) is 91.3 Å². The van der Waals surface area contributed by atoms with E-state index in [1.54, 1.807) is 55.3 Å². The maximum Gasteiger partial charge on any atom is 0.253 e. The molecule has 3 N–H and O–H groups in total. The van der Waals surface area contributed by atoms with Crippen molar-refractivity contribution in [3.63, 3.8) is 0 Å². The second kappa shape index (κ2) is 17.2. The third-order valence-electron chi connectivity index (χ3n) is 7.92. The fourth-order valence-corrected chi connectivity index (χ4v) is 5.19. The van der Waals surface area contributed by atoms with E-state index in [2.05, 4.69) is 16.0 Å².